The summed E-state index contributed by atoms with van der Waals surface area (Å²) in [6.07, 6.45) is 0. The molecule has 3 aromatic rings. The minimum Gasteiger partial charge on any atom is -0.494 e. The molecule has 1 aromatic heterocycles. The van der Waals surface area contributed by atoms with E-state index in [4.69, 9.17) is 16.3 Å². The maximum absolute atomic E-state index is 12.3. The number of nitrogens with one attached hydrogen (secondary N) is 1. The van der Waals surface area contributed by atoms with Gasteiger partial charge in [0.05, 0.1) is 40.6 Å². The van der Waals surface area contributed by atoms with Gasteiger partial charge in [0.15, 0.2) is 5.16 Å². The Balaban J connectivity index is 1.70. The van der Waals surface area contributed by atoms with Crippen molar-refractivity contribution in [3.63, 3.8) is 0 Å². The van der Waals surface area contributed by atoms with E-state index in [-0.39, 0.29) is 23.1 Å². The molecule has 0 spiro atoms. The van der Waals surface area contributed by atoms with E-state index in [0.717, 1.165) is 11.0 Å². The highest BCUT2D eigenvalue weighted by Gasteiger charge is 2.15. The number of carbonyl (C=O) groups excluding carboxylic acids is 1. The van der Waals surface area contributed by atoms with Gasteiger partial charge in [-0.2, -0.15) is 0 Å². The first kappa shape index (κ1) is 19.0. The zero-order valence-corrected chi connectivity index (χ0v) is 16.0. The van der Waals surface area contributed by atoms with E-state index in [2.05, 4.69) is 10.3 Å². The lowest BCUT2D eigenvalue weighted by molar-refractivity contribution is -0.384. The second-order valence-electron chi connectivity index (χ2n) is 5.56. The largest absolute Gasteiger partial charge is 0.494 e. The minimum atomic E-state index is -0.526. The van der Waals surface area contributed by atoms with Crippen LogP contribution in [0.3, 0.4) is 0 Å². The number of thioether (sulfide) groups is 1. The average Bonchev–Trinajstić information content (AvgIpc) is 2.95. The lowest BCUT2D eigenvalue weighted by atomic mass is 10.2. The number of non-ortho nitro benzene ring substituents is 1. The van der Waals surface area contributed by atoms with Gasteiger partial charge in [-0.05, 0) is 24.3 Å². The van der Waals surface area contributed by atoms with Crippen molar-refractivity contribution in [1.82, 2.24) is 9.55 Å². The number of nitrogens with zero attached hydrogens (tertiary/aromatic N) is 3. The van der Waals surface area contributed by atoms with E-state index in [1.54, 1.807) is 12.1 Å². The van der Waals surface area contributed by atoms with E-state index in [1.165, 1.54) is 37.1 Å². The summed E-state index contributed by atoms with van der Waals surface area (Å²) in [6.45, 7) is 0. The number of aryl methyl sites for hydroxylation is 1. The van der Waals surface area contributed by atoms with Crippen LogP contribution in [0.5, 0.6) is 5.75 Å². The van der Waals surface area contributed by atoms with Crippen LogP contribution in [0.15, 0.2) is 41.6 Å². The van der Waals surface area contributed by atoms with Gasteiger partial charge in [-0.15, -0.1) is 0 Å². The second-order valence-corrected chi connectivity index (χ2v) is 6.94. The summed E-state index contributed by atoms with van der Waals surface area (Å²) in [5.74, 6) is 0.0579. The van der Waals surface area contributed by atoms with E-state index in [0.29, 0.717) is 15.9 Å². The number of imidazole rings is 1. The highest BCUT2D eigenvalue weighted by atomic mass is 35.5. The predicted molar refractivity (Wildman–Crippen MR) is 105 cm³/mol. The average molecular weight is 407 g/mol. The zero-order chi connectivity index (χ0) is 19.6. The third-order valence-corrected chi connectivity index (χ3v) is 5.07. The number of halogens is 1. The predicted octanol–water partition coefficient (Wildman–Crippen LogP) is 3.87. The Morgan fingerprint density at radius 2 is 2.15 bits per heavy atom. The Morgan fingerprint density at radius 1 is 1.37 bits per heavy atom. The van der Waals surface area contributed by atoms with Gasteiger partial charge in [0.25, 0.3) is 5.69 Å². The summed E-state index contributed by atoms with van der Waals surface area (Å²) in [7, 11) is 3.25. The highest BCUT2D eigenvalue weighted by molar-refractivity contribution is 7.99. The summed E-state index contributed by atoms with van der Waals surface area (Å²) in [6, 6.07) is 9.43. The molecule has 0 saturated carbocycles. The molecule has 140 valence electrons. The van der Waals surface area contributed by atoms with Crippen LogP contribution in [0.2, 0.25) is 5.02 Å². The van der Waals surface area contributed by atoms with Gasteiger partial charge in [0.1, 0.15) is 5.75 Å². The summed E-state index contributed by atoms with van der Waals surface area (Å²) in [4.78, 5) is 27.1. The van der Waals surface area contributed by atoms with Crippen molar-refractivity contribution < 1.29 is 14.5 Å². The first-order valence-corrected chi connectivity index (χ1v) is 9.12. The molecule has 27 heavy (non-hydrogen) atoms. The number of nitro groups is 1. The topological polar surface area (TPSA) is 99.3 Å². The minimum absolute atomic E-state index is 0.113. The lowest BCUT2D eigenvalue weighted by Gasteiger charge is -2.09. The number of hydrogen-bond acceptors (Lipinski definition) is 6. The SMILES string of the molecule is COc1cc([N+](=O)[O-])ccc1NC(=O)CSc1nc2cc(Cl)ccc2n1C. The Morgan fingerprint density at radius 3 is 2.85 bits per heavy atom. The molecule has 0 radical (unpaired) electrons. The van der Waals surface area contributed by atoms with Crippen molar-refractivity contribution in [3.8, 4) is 5.75 Å². The molecule has 0 fully saturated rings. The van der Waals surface area contributed by atoms with Crippen LogP contribution < -0.4 is 10.1 Å². The highest BCUT2D eigenvalue weighted by Crippen LogP contribution is 2.30. The monoisotopic (exact) mass is 406 g/mol. The van der Waals surface area contributed by atoms with Gasteiger partial charge in [0, 0.05) is 18.1 Å². The van der Waals surface area contributed by atoms with Crippen LogP contribution in [0, 0.1) is 10.1 Å². The van der Waals surface area contributed by atoms with Crippen LogP contribution in [-0.4, -0.2) is 33.2 Å². The molecule has 3 rings (SSSR count). The van der Waals surface area contributed by atoms with E-state index in [1.807, 2.05) is 17.7 Å². The first-order valence-electron chi connectivity index (χ1n) is 7.76. The van der Waals surface area contributed by atoms with Gasteiger partial charge in [0.2, 0.25) is 5.91 Å². The number of methoxy groups -OCH3 is 1. The van der Waals surface area contributed by atoms with Gasteiger partial charge in [-0.1, -0.05) is 23.4 Å². The summed E-state index contributed by atoms with van der Waals surface area (Å²) < 4.78 is 7.00. The molecule has 0 unspecified atom stereocenters. The number of ether oxygens (including phenoxy) is 1. The molecular weight excluding hydrogens is 392 g/mol. The number of hydrogen-bond donors (Lipinski definition) is 1. The quantitative estimate of drug-likeness (QED) is 0.379. The molecule has 0 atom stereocenters. The number of rotatable bonds is 6. The molecule has 0 bridgehead atoms. The Hall–Kier alpha value is -2.78. The fourth-order valence-electron chi connectivity index (χ4n) is 2.49. The van der Waals surface area contributed by atoms with Crippen molar-refractivity contribution in [2.45, 2.75) is 5.16 Å². The third-order valence-electron chi connectivity index (χ3n) is 3.80. The number of aromatic nitrogens is 2. The number of benzene rings is 2. The molecule has 0 aliphatic heterocycles. The van der Waals surface area contributed by atoms with Crippen LogP contribution >= 0.6 is 23.4 Å². The lowest BCUT2D eigenvalue weighted by Crippen LogP contribution is -2.15. The molecule has 1 amide bonds. The van der Waals surface area contributed by atoms with Crippen LogP contribution in [0.25, 0.3) is 11.0 Å². The van der Waals surface area contributed by atoms with Crippen molar-refractivity contribution >= 4 is 51.7 Å². The van der Waals surface area contributed by atoms with Crippen molar-refractivity contribution in [1.29, 1.82) is 0 Å². The van der Waals surface area contributed by atoms with Gasteiger partial charge >= 0.3 is 0 Å². The molecule has 0 saturated heterocycles. The number of anilines is 1. The molecule has 8 nitrogen and oxygen atoms in total. The molecule has 1 N–H and O–H groups in total. The standard InChI is InChI=1S/C17H15ClN4O4S/c1-21-14-6-3-10(18)7-13(14)20-17(21)27-9-16(23)19-12-5-4-11(22(24)25)8-15(12)26-2/h3-8H,9H2,1-2H3,(H,19,23). The molecule has 10 heteroatoms. The number of amides is 1. The molecule has 0 aliphatic carbocycles. The van der Waals surface area contributed by atoms with Crippen molar-refractivity contribution in [2.24, 2.45) is 7.05 Å². The molecule has 2 aromatic carbocycles. The van der Waals surface area contributed by atoms with E-state index >= 15 is 0 Å². The zero-order valence-electron chi connectivity index (χ0n) is 14.4. The van der Waals surface area contributed by atoms with Gasteiger partial charge in [-0.3, -0.25) is 14.9 Å². The van der Waals surface area contributed by atoms with Crippen LogP contribution in [-0.2, 0) is 11.8 Å². The Labute approximate surface area is 163 Å². The second kappa shape index (κ2) is 7.85. The normalized spacial score (nSPS) is 10.8. The third kappa shape index (κ3) is 4.15. The molecule has 0 aliphatic rings. The summed E-state index contributed by atoms with van der Waals surface area (Å²) in [5.41, 5.74) is 1.92. The fraction of sp³-hybridized carbons (Fsp3) is 0.176. The van der Waals surface area contributed by atoms with Crippen LogP contribution in [0.1, 0.15) is 0 Å². The smallest absolute Gasteiger partial charge is 0.273 e. The Bertz CT molecular complexity index is 1040. The number of fused-ring (bicyclic) bond motifs is 1. The van der Waals surface area contributed by atoms with Crippen molar-refractivity contribution in [2.75, 3.05) is 18.2 Å². The fourth-order valence-corrected chi connectivity index (χ4v) is 3.45. The van der Waals surface area contributed by atoms with Gasteiger partial charge in [-0.25, -0.2) is 4.98 Å². The number of carbonyl (C=O) groups is 1. The molecular formula is C17H15ClN4O4S. The maximum Gasteiger partial charge on any atom is 0.273 e. The number of nitro benzene ring substituents is 1. The van der Waals surface area contributed by atoms with Crippen molar-refractivity contribution in [3.05, 3.63) is 51.5 Å². The Kier molecular flexibility index (Phi) is 5.52. The van der Waals surface area contributed by atoms with E-state index < -0.39 is 4.92 Å². The first-order chi connectivity index (χ1) is 12.9. The maximum atomic E-state index is 12.3. The van der Waals surface area contributed by atoms with Crippen LogP contribution in [0.4, 0.5) is 11.4 Å². The van der Waals surface area contributed by atoms with Gasteiger partial charge < -0.3 is 14.6 Å². The molecule has 1 heterocycles. The van der Waals surface area contributed by atoms with E-state index in [9.17, 15) is 14.9 Å². The summed E-state index contributed by atoms with van der Waals surface area (Å²) >= 11 is 7.26. The summed E-state index contributed by atoms with van der Waals surface area (Å²) in [5, 5.41) is 14.8.